The van der Waals surface area contributed by atoms with Gasteiger partial charge in [0.1, 0.15) is 10.6 Å². The lowest BCUT2D eigenvalue weighted by molar-refractivity contribution is 0.416. The van der Waals surface area contributed by atoms with E-state index >= 15 is 0 Å². The maximum Gasteiger partial charge on any atom is 0.332 e. The van der Waals surface area contributed by atoms with Crippen LogP contribution in [0.25, 0.3) is 22.5 Å². The monoisotopic (exact) mass is 424 g/mol. The van der Waals surface area contributed by atoms with E-state index in [-0.39, 0.29) is 11.7 Å². The Hall–Kier alpha value is -3.65. The van der Waals surface area contributed by atoms with Crippen molar-refractivity contribution in [2.24, 2.45) is 0 Å². The molecule has 3 aromatic carbocycles. The third kappa shape index (κ3) is 4.18. The number of ether oxygens (including phenoxy) is 1. The number of nitrogens with zero attached hydrogens (tertiary/aromatic N) is 1. The van der Waals surface area contributed by atoms with Gasteiger partial charge >= 0.3 is 10.2 Å². The third-order valence-corrected chi connectivity index (χ3v) is 5.27. The lowest BCUT2D eigenvalue weighted by atomic mass is 10.0. The van der Waals surface area contributed by atoms with Crippen LogP contribution >= 0.6 is 0 Å². The molecule has 0 aliphatic rings. The number of methoxy groups -OCH3 is 1. The van der Waals surface area contributed by atoms with Crippen LogP contribution in [0.15, 0.2) is 88.3 Å². The molecule has 1 heterocycles. The van der Waals surface area contributed by atoms with Gasteiger partial charge in [0, 0.05) is 5.56 Å². The second-order valence-electron chi connectivity index (χ2n) is 6.40. The fourth-order valence-electron chi connectivity index (χ4n) is 3.00. The first-order valence-corrected chi connectivity index (χ1v) is 10.3. The van der Waals surface area contributed by atoms with Crippen molar-refractivity contribution >= 4 is 21.9 Å². The van der Waals surface area contributed by atoms with E-state index in [9.17, 15) is 12.3 Å². The lowest BCUT2D eigenvalue weighted by Crippen LogP contribution is -1.98. The van der Waals surface area contributed by atoms with Crippen molar-refractivity contribution in [3.63, 3.8) is 0 Å². The van der Waals surface area contributed by atoms with Gasteiger partial charge in [-0.1, -0.05) is 48.5 Å². The summed E-state index contributed by atoms with van der Waals surface area (Å²) < 4.78 is 46.7. The molecule has 1 N–H and O–H groups in total. The number of hydrogen-bond donors (Lipinski definition) is 1. The molecule has 152 valence electrons. The predicted octanol–water partition coefficient (Wildman–Crippen LogP) is 5.42. The molecule has 6 nitrogen and oxygen atoms in total. The van der Waals surface area contributed by atoms with E-state index in [4.69, 9.17) is 9.15 Å². The van der Waals surface area contributed by atoms with Gasteiger partial charge in [0.2, 0.25) is 0 Å². The Labute approximate surface area is 173 Å². The van der Waals surface area contributed by atoms with Crippen LogP contribution in [0, 0.1) is 0 Å². The first-order chi connectivity index (χ1) is 14.4. The highest BCUT2D eigenvalue weighted by Crippen LogP contribution is 2.33. The van der Waals surface area contributed by atoms with Gasteiger partial charge in [-0.15, -0.1) is 3.89 Å². The van der Waals surface area contributed by atoms with Gasteiger partial charge in [0.05, 0.1) is 19.0 Å². The van der Waals surface area contributed by atoms with Crippen LogP contribution in [0.1, 0.15) is 0 Å². The molecule has 0 unspecified atom stereocenters. The van der Waals surface area contributed by atoms with Gasteiger partial charge in [-0.3, -0.25) is 0 Å². The van der Waals surface area contributed by atoms with E-state index in [1.165, 1.54) is 13.2 Å². The first kappa shape index (κ1) is 19.7. The number of aromatic nitrogens is 1. The van der Waals surface area contributed by atoms with E-state index in [1.807, 2.05) is 54.6 Å². The molecule has 0 aliphatic heterocycles. The molecular formula is C22H17FN2O4S. The molecule has 0 spiro atoms. The van der Waals surface area contributed by atoms with Crippen LogP contribution < -0.4 is 10.1 Å². The summed E-state index contributed by atoms with van der Waals surface area (Å²) in [5, 5.41) is 2.84. The smallest absolute Gasteiger partial charge is 0.332 e. The van der Waals surface area contributed by atoms with Crippen molar-refractivity contribution < 1.29 is 21.5 Å². The molecule has 0 fully saturated rings. The zero-order valence-electron chi connectivity index (χ0n) is 15.9. The van der Waals surface area contributed by atoms with E-state index in [0.717, 1.165) is 28.8 Å². The highest BCUT2D eigenvalue weighted by Gasteiger charge is 2.16. The molecule has 0 bridgehead atoms. The average Bonchev–Trinajstić information content (AvgIpc) is 3.22. The third-order valence-electron chi connectivity index (χ3n) is 4.45. The van der Waals surface area contributed by atoms with Crippen LogP contribution in [0.4, 0.5) is 15.6 Å². The number of nitrogens with one attached hydrogen (secondary N) is 1. The SMILES string of the molecule is COc1ccc(S(=O)(=O)F)cc1Nc1ncc(-c2cccc(-c3ccccc3)c2)o1. The zero-order valence-corrected chi connectivity index (χ0v) is 16.7. The molecule has 4 rings (SSSR count). The average molecular weight is 424 g/mol. The van der Waals surface area contributed by atoms with Crippen molar-refractivity contribution in [2.75, 3.05) is 12.4 Å². The van der Waals surface area contributed by atoms with E-state index in [0.29, 0.717) is 11.5 Å². The molecule has 0 radical (unpaired) electrons. The summed E-state index contributed by atoms with van der Waals surface area (Å²) in [6.45, 7) is 0. The molecule has 1 aromatic heterocycles. The largest absolute Gasteiger partial charge is 0.495 e. The van der Waals surface area contributed by atoms with E-state index in [1.54, 1.807) is 6.20 Å². The number of benzene rings is 3. The van der Waals surface area contributed by atoms with Gasteiger partial charge in [-0.2, -0.15) is 8.42 Å². The molecule has 4 aromatic rings. The van der Waals surface area contributed by atoms with Gasteiger partial charge in [0.25, 0.3) is 6.01 Å². The Kier molecular flexibility index (Phi) is 5.24. The summed E-state index contributed by atoms with van der Waals surface area (Å²) in [5.74, 6) is 0.830. The fourth-order valence-corrected chi connectivity index (χ4v) is 3.49. The molecule has 8 heteroatoms. The zero-order chi connectivity index (χ0) is 21.1. The predicted molar refractivity (Wildman–Crippen MR) is 112 cm³/mol. The van der Waals surface area contributed by atoms with Crippen molar-refractivity contribution in [3.8, 4) is 28.2 Å². The standard InChI is InChI=1S/C22H17FN2O4S/c1-28-20-11-10-18(30(23,26)27)13-19(20)25-22-24-14-21(29-22)17-9-5-8-16(12-17)15-6-3-2-4-7-15/h2-14H,1H3,(H,24,25). The minimum Gasteiger partial charge on any atom is -0.495 e. The van der Waals surface area contributed by atoms with Crippen molar-refractivity contribution in [2.45, 2.75) is 4.90 Å². The van der Waals surface area contributed by atoms with Gasteiger partial charge in [0.15, 0.2) is 5.76 Å². The number of rotatable bonds is 6. The number of hydrogen-bond acceptors (Lipinski definition) is 6. The molecule has 0 amide bonds. The Morgan fingerprint density at radius 3 is 2.40 bits per heavy atom. The highest BCUT2D eigenvalue weighted by atomic mass is 32.3. The van der Waals surface area contributed by atoms with Crippen LogP contribution in [-0.4, -0.2) is 20.5 Å². The molecule has 0 aliphatic carbocycles. The molecule has 0 atom stereocenters. The summed E-state index contributed by atoms with van der Waals surface area (Å²) in [4.78, 5) is 3.69. The maximum atomic E-state index is 13.3. The summed E-state index contributed by atoms with van der Waals surface area (Å²) >= 11 is 0. The second-order valence-corrected chi connectivity index (χ2v) is 7.75. The molecule has 0 saturated heterocycles. The minimum absolute atomic E-state index is 0.113. The van der Waals surface area contributed by atoms with Gasteiger partial charge in [-0.25, -0.2) is 4.98 Å². The lowest BCUT2D eigenvalue weighted by Gasteiger charge is -2.09. The topological polar surface area (TPSA) is 81.4 Å². The van der Waals surface area contributed by atoms with Crippen molar-refractivity contribution in [1.29, 1.82) is 0 Å². The summed E-state index contributed by atoms with van der Waals surface area (Å²) in [6, 6.07) is 21.4. The Morgan fingerprint density at radius 2 is 1.67 bits per heavy atom. The Morgan fingerprint density at radius 1 is 0.933 bits per heavy atom. The summed E-state index contributed by atoms with van der Waals surface area (Å²) in [7, 11) is -3.44. The second kappa shape index (κ2) is 8.00. The van der Waals surface area contributed by atoms with Crippen LogP contribution in [0.5, 0.6) is 5.75 Å². The first-order valence-electron chi connectivity index (χ1n) is 8.95. The number of anilines is 2. The summed E-state index contributed by atoms with van der Waals surface area (Å²) in [6.07, 6.45) is 1.55. The van der Waals surface area contributed by atoms with Crippen LogP contribution in [0.3, 0.4) is 0 Å². The maximum absolute atomic E-state index is 13.3. The Balaban J connectivity index is 1.63. The number of oxazole rings is 1. The minimum atomic E-state index is -4.86. The van der Waals surface area contributed by atoms with Gasteiger partial charge < -0.3 is 14.5 Å². The summed E-state index contributed by atoms with van der Waals surface area (Å²) in [5.41, 5.74) is 3.14. The van der Waals surface area contributed by atoms with Crippen molar-refractivity contribution in [3.05, 3.63) is 79.0 Å². The normalized spacial score (nSPS) is 11.3. The fraction of sp³-hybridized carbons (Fsp3) is 0.0455. The van der Waals surface area contributed by atoms with Crippen LogP contribution in [0.2, 0.25) is 0 Å². The highest BCUT2D eigenvalue weighted by molar-refractivity contribution is 7.86. The quantitative estimate of drug-likeness (QED) is 0.416. The van der Waals surface area contributed by atoms with Crippen molar-refractivity contribution in [1.82, 2.24) is 4.98 Å². The van der Waals surface area contributed by atoms with E-state index < -0.39 is 15.1 Å². The molecular weight excluding hydrogens is 407 g/mol. The number of halogens is 1. The van der Waals surface area contributed by atoms with Gasteiger partial charge in [-0.05, 0) is 35.4 Å². The Bertz CT molecular complexity index is 1290. The van der Waals surface area contributed by atoms with Crippen LogP contribution in [-0.2, 0) is 10.2 Å². The molecule has 0 saturated carbocycles. The molecule has 30 heavy (non-hydrogen) atoms. The van der Waals surface area contributed by atoms with E-state index in [2.05, 4.69) is 10.3 Å².